The number of hydrogen-bond acceptors (Lipinski definition) is 10. The Bertz CT molecular complexity index is 1100. The van der Waals surface area contributed by atoms with Crippen LogP contribution >= 0.6 is 0 Å². The van der Waals surface area contributed by atoms with Crippen molar-refractivity contribution in [3.8, 4) is 0 Å². The summed E-state index contributed by atoms with van der Waals surface area (Å²) < 4.78 is 11.1. The third-order valence-corrected chi connectivity index (χ3v) is 12.1. The number of hydrogen-bond donors (Lipinski definition) is 8. The van der Waals surface area contributed by atoms with Crippen molar-refractivity contribution in [1.82, 2.24) is 5.32 Å². The molecule has 11 nitrogen and oxygen atoms in total. The number of nitrogens with one attached hydrogen (secondary N) is 1. The molecule has 1 heterocycles. The lowest BCUT2D eigenvalue weighted by molar-refractivity contribution is -0.303. The predicted molar refractivity (Wildman–Crippen MR) is 252 cm³/mol. The molecule has 11 heteroatoms. The first-order chi connectivity index (χ1) is 30.2. The summed E-state index contributed by atoms with van der Waals surface area (Å²) in [6.45, 7) is 3.37. The van der Waals surface area contributed by atoms with E-state index in [2.05, 4.69) is 55.6 Å². The molecular formula is C51H95NO10. The fourth-order valence-electron chi connectivity index (χ4n) is 7.91. The molecule has 9 unspecified atom stereocenters. The first-order valence-electron chi connectivity index (χ1n) is 25.4. The van der Waals surface area contributed by atoms with Crippen LogP contribution in [-0.2, 0) is 14.3 Å². The molecule has 0 aromatic heterocycles. The van der Waals surface area contributed by atoms with Crippen LogP contribution in [0.25, 0.3) is 0 Å². The van der Waals surface area contributed by atoms with Gasteiger partial charge >= 0.3 is 0 Å². The highest BCUT2D eigenvalue weighted by atomic mass is 16.7. The number of carbonyl (C=O) groups is 1. The molecule has 9 atom stereocenters. The molecular weight excluding hydrogens is 787 g/mol. The molecule has 0 radical (unpaired) electrons. The minimum atomic E-state index is -1.67. The van der Waals surface area contributed by atoms with Crippen molar-refractivity contribution in [3.63, 3.8) is 0 Å². The second kappa shape index (κ2) is 40.8. The summed E-state index contributed by atoms with van der Waals surface area (Å²) in [6.07, 6.45) is 36.4. The molecule has 1 aliphatic rings. The number of amides is 1. The second-order valence-corrected chi connectivity index (χ2v) is 17.9. The van der Waals surface area contributed by atoms with Crippen molar-refractivity contribution >= 4 is 5.91 Å². The van der Waals surface area contributed by atoms with Crippen LogP contribution in [0.1, 0.15) is 213 Å². The summed E-state index contributed by atoms with van der Waals surface area (Å²) in [6, 6.07) is -1.19. The zero-order chi connectivity index (χ0) is 45.5. The highest BCUT2D eigenvalue weighted by Crippen LogP contribution is 2.23. The van der Waals surface area contributed by atoms with E-state index in [1.54, 1.807) is 0 Å². The number of rotatable bonds is 42. The Morgan fingerprint density at radius 3 is 1.48 bits per heavy atom. The van der Waals surface area contributed by atoms with Gasteiger partial charge in [-0.15, -0.1) is 0 Å². The van der Waals surface area contributed by atoms with Crippen molar-refractivity contribution in [2.24, 2.45) is 0 Å². The highest BCUT2D eigenvalue weighted by molar-refractivity contribution is 5.80. The molecule has 0 spiro atoms. The van der Waals surface area contributed by atoms with Gasteiger partial charge in [0.15, 0.2) is 6.29 Å². The fraction of sp³-hybridized carbons (Fsp3) is 0.863. The van der Waals surface area contributed by atoms with Crippen molar-refractivity contribution in [2.45, 2.75) is 268 Å². The standard InChI is InChI=1S/C51H95NO10/c1-3-5-7-9-11-13-15-16-17-18-19-20-21-22-23-24-25-26-27-29-31-33-35-37-39-44(55)50(60)52-42(41-61-51-49(59)48(58)47(57)45(40-53)62-51)46(56)43(54)38-36-34-32-30-28-14-12-10-8-6-4-2/h10,12,22-23,30,32,42-49,51,53-59H,3-9,11,13-21,24-29,31,33-41H2,1-2H3,(H,52,60)/b12-10+,23-22-,32-30+. The Hall–Kier alpha value is -1.67. The lowest BCUT2D eigenvalue weighted by Crippen LogP contribution is -2.60. The minimum absolute atomic E-state index is 0.244. The van der Waals surface area contributed by atoms with Crippen LogP contribution < -0.4 is 5.32 Å². The summed E-state index contributed by atoms with van der Waals surface area (Å²) in [4.78, 5) is 13.1. The molecule has 0 aliphatic carbocycles. The lowest BCUT2D eigenvalue weighted by atomic mass is 9.98. The van der Waals surface area contributed by atoms with E-state index in [0.29, 0.717) is 19.3 Å². The molecule has 0 bridgehead atoms. The number of carbonyl (C=O) groups excluding carboxylic acids is 1. The van der Waals surface area contributed by atoms with Crippen molar-refractivity contribution in [3.05, 3.63) is 36.5 Å². The molecule has 62 heavy (non-hydrogen) atoms. The predicted octanol–water partition coefficient (Wildman–Crippen LogP) is 9.17. The SMILES string of the molecule is CCCC/C=C/CC/C=C/CCCC(O)C(O)C(COC1OC(CO)C(O)C(O)C1O)NC(=O)C(O)CCCCCCCCCC/C=C\CCCCCCCCCCCCCC. The average molecular weight is 882 g/mol. The number of allylic oxidation sites excluding steroid dienone is 6. The summed E-state index contributed by atoms with van der Waals surface area (Å²) in [7, 11) is 0. The van der Waals surface area contributed by atoms with Gasteiger partial charge in [0.25, 0.3) is 0 Å². The Morgan fingerprint density at radius 2 is 0.984 bits per heavy atom. The minimum Gasteiger partial charge on any atom is -0.394 e. The molecule has 0 aromatic carbocycles. The van der Waals surface area contributed by atoms with Crippen molar-refractivity contribution < 1.29 is 50.0 Å². The van der Waals surface area contributed by atoms with Gasteiger partial charge in [-0.1, -0.05) is 179 Å². The molecule has 1 amide bonds. The van der Waals surface area contributed by atoms with E-state index in [1.807, 2.05) is 0 Å². The van der Waals surface area contributed by atoms with Gasteiger partial charge in [-0.05, 0) is 70.6 Å². The van der Waals surface area contributed by atoms with Crippen molar-refractivity contribution in [1.29, 1.82) is 0 Å². The van der Waals surface area contributed by atoms with Crippen LogP contribution in [0.5, 0.6) is 0 Å². The number of aliphatic hydroxyl groups is 7. The molecule has 1 fully saturated rings. The first kappa shape index (κ1) is 58.3. The zero-order valence-corrected chi connectivity index (χ0v) is 39.4. The maximum atomic E-state index is 13.1. The lowest BCUT2D eigenvalue weighted by Gasteiger charge is -2.40. The Labute approximate surface area is 377 Å². The third-order valence-electron chi connectivity index (χ3n) is 12.1. The number of ether oxygens (including phenoxy) is 2. The Morgan fingerprint density at radius 1 is 0.548 bits per heavy atom. The van der Waals surface area contributed by atoms with E-state index in [0.717, 1.165) is 44.9 Å². The van der Waals surface area contributed by atoms with Crippen LogP contribution in [-0.4, -0.2) is 110 Å². The van der Waals surface area contributed by atoms with E-state index in [-0.39, 0.29) is 12.8 Å². The van der Waals surface area contributed by atoms with Gasteiger partial charge in [-0.25, -0.2) is 0 Å². The molecule has 1 rings (SSSR count). The number of aliphatic hydroxyl groups excluding tert-OH is 7. The Kier molecular flexibility index (Phi) is 38.4. The van der Waals surface area contributed by atoms with Gasteiger partial charge in [-0.3, -0.25) is 4.79 Å². The largest absolute Gasteiger partial charge is 0.394 e. The summed E-state index contributed by atoms with van der Waals surface area (Å²) in [5.74, 6) is -0.714. The van der Waals surface area contributed by atoms with Gasteiger partial charge in [0.2, 0.25) is 5.91 Å². The average Bonchev–Trinajstić information content (AvgIpc) is 3.27. The van der Waals surface area contributed by atoms with E-state index >= 15 is 0 Å². The van der Waals surface area contributed by atoms with Crippen LogP contribution in [0.4, 0.5) is 0 Å². The maximum absolute atomic E-state index is 13.1. The highest BCUT2D eigenvalue weighted by Gasteiger charge is 2.44. The molecule has 364 valence electrons. The van der Waals surface area contributed by atoms with Gasteiger partial charge in [0, 0.05) is 0 Å². The molecule has 8 N–H and O–H groups in total. The summed E-state index contributed by atoms with van der Waals surface area (Å²) in [5, 5.41) is 75.6. The smallest absolute Gasteiger partial charge is 0.249 e. The van der Waals surface area contributed by atoms with Crippen LogP contribution in [0.3, 0.4) is 0 Å². The fourth-order valence-corrected chi connectivity index (χ4v) is 7.91. The zero-order valence-electron chi connectivity index (χ0n) is 39.4. The van der Waals surface area contributed by atoms with Gasteiger partial charge < -0.3 is 50.5 Å². The summed E-state index contributed by atoms with van der Waals surface area (Å²) in [5.41, 5.74) is 0. The monoisotopic (exact) mass is 882 g/mol. The quantitative estimate of drug-likeness (QED) is 0.0217. The van der Waals surface area contributed by atoms with Gasteiger partial charge in [0.1, 0.15) is 36.6 Å². The van der Waals surface area contributed by atoms with Gasteiger partial charge in [-0.2, -0.15) is 0 Å². The summed E-state index contributed by atoms with van der Waals surface area (Å²) >= 11 is 0. The number of unbranched alkanes of at least 4 members (excludes halogenated alkanes) is 24. The van der Waals surface area contributed by atoms with Crippen LogP contribution in [0.15, 0.2) is 36.5 Å². The third kappa shape index (κ3) is 29.7. The molecule has 1 aliphatic heterocycles. The van der Waals surface area contributed by atoms with Crippen LogP contribution in [0, 0.1) is 0 Å². The van der Waals surface area contributed by atoms with Crippen molar-refractivity contribution in [2.75, 3.05) is 13.2 Å². The second-order valence-electron chi connectivity index (χ2n) is 17.9. The topological polar surface area (TPSA) is 189 Å². The van der Waals surface area contributed by atoms with Crippen LogP contribution in [0.2, 0.25) is 0 Å². The maximum Gasteiger partial charge on any atom is 0.249 e. The van der Waals surface area contributed by atoms with E-state index in [9.17, 15) is 40.5 Å². The first-order valence-corrected chi connectivity index (χ1v) is 25.4. The molecule has 0 saturated carbocycles. The normalized spacial score (nSPS) is 21.6. The van der Waals surface area contributed by atoms with Gasteiger partial charge in [0.05, 0.1) is 25.4 Å². The van der Waals surface area contributed by atoms with E-state index in [1.165, 1.54) is 122 Å². The molecule has 0 aromatic rings. The molecule has 1 saturated heterocycles. The Balaban J connectivity index is 2.34. The van der Waals surface area contributed by atoms with E-state index < -0.39 is 74.2 Å². The van der Waals surface area contributed by atoms with E-state index in [4.69, 9.17) is 9.47 Å².